The summed E-state index contributed by atoms with van der Waals surface area (Å²) in [6.07, 6.45) is 1.65. The molecule has 1 aromatic carbocycles. The first-order chi connectivity index (χ1) is 12.8. The van der Waals surface area contributed by atoms with Gasteiger partial charge in [0.25, 0.3) is 0 Å². The third kappa shape index (κ3) is 6.49. The van der Waals surface area contributed by atoms with E-state index in [9.17, 15) is 4.79 Å². The third-order valence-electron chi connectivity index (χ3n) is 4.41. The van der Waals surface area contributed by atoms with Crippen LogP contribution in [0.15, 0.2) is 46.8 Å². The number of carbonyl (C=O) groups excluding carboxylic acids is 1. The second-order valence-electron chi connectivity index (χ2n) is 6.32. The summed E-state index contributed by atoms with van der Waals surface area (Å²) in [7, 11) is 0. The molecular weight excluding hydrogens is 471 g/mol. The Morgan fingerprint density at radius 1 is 1.19 bits per heavy atom. The van der Waals surface area contributed by atoms with Crippen LogP contribution in [0.5, 0.6) is 0 Å². The van der Waals surface area contributed by atoms with Gasteiger partial charge in [-0.15, -0.1) is 35.3 Å². The quantitative estimate of drug-likeness (QED) is 0.348. The van der Waals surface area contributed by atoms with E-state index in [1.54, 1.807) is 11.3 Å². The maximum absolute atomic E-state index is 11.9. The lowest BCUT2D eigenvalue weighted by molar-refractivity contribution is -0.128. The summed E-state index contributed by atoms with van der Waals surface area (Å²) in [4.78, 5) is 19.9. The van der Waals surface area contributed by atoms with Crippen molar-refractivity contribution in [3.63, 3.8) is 0 Å². The summed E-state index contributed by atoms with van der Waals surface area (Å²) in [6.45, 7) is 5.80. The fourth-order valence-electron chi connectivity index (χ4n) is 3.03. The number of aliphatic imine (C=N–C) groups is 1. The number of thiophene rings is 1. The summed E-state index contributed by atoms with van der Waals surface area (Å²) in [5.74, 6) is 1.07. The Labute approximate surface area is 182 Å². The van der Waals surface area contributed by atoms with E-state index in [-0.39, 0.29) is 29.9 Å². The van der Waals surface area contributed by atoms with Gasteiger partial charge in [0.05, 0.1) is 13.1 Å². The maximum Gasteiger partial charge on any atom is 0.222 e. The average Bonchev–Trinajstić information content (AvgIpc) is 3.31. The van der Waals surface area contributed by atoms with Crippen LogP contribution in [-0.4, -0.2) is 29.9 Å². The zero-order valence-electron chi connectivity index (χ0n) is 15.6. The molecule has 1 fully saturated rings. The molecule has 0 bridgehead atoms. The van der Waals surface area contributed by atoms with Crippen LogP contribution in [-0.2, 0) is 24.4 Å². The van der Waals surface area contributed by atoms with Crippen molar-refractivity contribution in [2.75, 3.05) is 13.1 Å². The van der Waals surface area contributed by atoms with Crippen LogP contribution in [0.4, 0.5) is 0 Å². The second-order valence-corrected chi connectivity index (χ2v) is 7.35. The number of benzene rings is 1. The standard InChI is InChI=1S/C20H26N4OS.HI/c1-2-21-20(23-14-18-9-6-12-26-18)22-13-16-7-3-4-8-17(16)15-24-11-5-10-19(24)25;/h3-4,6-9,12H,2,5,10-11,13-15H2,1H3,(H2,21,22,23);1H. The molecule has 0 spiro atoms. The van der Waals surface area contributed by atoms with Gasteiger partial charge in [0.1, 0.15) is 0 Å². The molecule has 0 unspecified atom stereocenters. The van der Waals surface area contributed by atoms with Crippen molar-refractivity contribution in [1.29, 1.82) is 0 Å². The molecule has 3 rings (SSSR count). The Bertz CT molecular complexity index is 748. The molecule has 2 N–H and O–H groups in total. The number of rotatable bonds is 7. The van der Waals surface area contributed by atoms with Gasteiger partial charge in [-0.25, -0.2) is 4.99 Å². The van der Waals surface area contributed by atoms with Gasteiger partial charge >= 0.3 is 0 Å². The third-order valence-corrected chi connectivity index (χ3v) is 5.29. The van der Waals surface area contributed by atoms with Crippen molar-refractivity contribution in [2.24, 2.45) is 4.99 Å². The highest BCUT2D eigenvalue weighted by Gasteiger charge is 2.20. The van der Waals surface area contributed by atoms with E-state index in [2.05, 4.69) is 47.2 Å². The van der Waals surface area contributed by atoms with Gasteiger partial charge in [-0.05, 0) is 35.9 Å². The number of guanidine groups is 1. The summed E-state index contributed by atoms with van der Waals surface area (Å²) < 4.78 is 0. The Hall–Kier alpha value is -1.61. The Morgan fingerprint density at radius 2 is 2.00 bits per heavy atom. The highest BCUT2D eigenvalue weighted by Crippen LogP contribution is 2.18. The Morgan fingerprint density at radius 3 is 2.67 bits per heavy atom. The lowest BCUT2D eigenvalue weighted by Crippen LogP contribution is -2.36. The minimum atomic E-state index is 0. The van der Waals surface area contributed by atoms with Crippen LogP contribution in [0.2, 0.25) is 0 Å². The van der Waals surface area contributed by atoms with Crippen molar-refractivity contribution in [2.45, 2.75) is 39.4 Å². The molecule has 1 amide bonds. The molecule has 1 aliphatic rings. The first-order valence-electron chi connectivity index (χ1n) is 9.15. The predicted octanol–water partition coefficient (Wildman–Crippen LogP) is 3.74. The molecule has 0 saturated carbocycles. The predicted molar refractivity (Wildman–Crippen MR) is 122 cm³/mol. The van der Waals surface area contributed by atoms with E-state index >= 15 is 0 Å². The highest BCUT2D eigenvalue weighted by molar-refractivity contribution is 14.0. The smallest absolute Gasteiger partial charge is 0.222 e. The van der Waals surface area contributed by atoms with E-state index < -0.39 is 0 Å². The van der Waals surface area contributed by atoms with Crippen molar-refractivity contribution in [1.82, 2.24) is 15.5 Å². The number of halogens is 1. The largest absolute Gasteiger partial charge is 0.357 e. The average molecular weight is 498 g/mol. The fraction of sp³-hybridized carbons (Fsp3) is 0.400. The minimum Gasteiger partial charge on any atom is -0.357 e. The number of likely N-dealkylation sites (tertiary alicyclic amines) is 1. The number of nitrogens with one attached hydrogen (secondary N) is 2. The number of nitrogens with zero attached hydrogens (tertiary/aromatic N) is 2. The number of hydrogen-bond acceptors (Lipinski definition) is 3. The van der Waals surface area contributed by atoms with Gasteiger partial charge in [0, 0.05) is 30.9 Å². The summed E-state index contributed by atoms with van der Waals surface area (Å²) in [5.41, 5.74) is 2.35. The molecule has 146 valence electrons. The monoisotopic (exact) mass is 498 g/mol. The molecule has 1 aromatic heterocycles. The van der Waals surface area contributed by atoms with E-state index in [0.717, 1.165) is 32.0 Å². The van der Waals surface area contributed by atoms with Crippen LogP contribution in [0.3, 0.4) is 0 Å². The summed E-state index contributed by atoms with van der Waals surface area (Å²) >= 11 is 1.74. The van der Waals surface area contributed by atoms with E-state index in [1.165, 1.54) is 16.0 Å². The van der Waals surface area contributed by atoms with Gasteiger partial charge in [-0.3, -0.25) is 4.79 Å². The molecule has 2 aromatic rings. The van der Waals surface area contributed by atoms with Crippen LogP contribution in [0.1, 0.15) is 35.8 Å². The zero-order chi connectivity index (χ0) is 18.2. The molecular formula is C20H27IN4OS. The van der Waals surface area contributed by atoms with Crippen molar-refractivity contribution < 1.29 is 4.79 Å². The van der Waals surface area contributed by atoms with Crippen LogP contribution in [0.25, 0.3) is 0 Å². The van der Waals surface area contributed by atoms with Gasteiger partial charge in [0.2, 0.25) is 5.91 Å². The lowest BCUT2D eigenvalue weighted by atomic mass is 10.1. The van der Waals surface area contributed by atoms with Crippen molar-refractivity contribution in [3.05, 3.63) is 57.8 Å². The Kier molecular flexibility index (Phi) is 9.06. The summed E-state index contributed by atoms with van der Waals surface area (Å²) in [5, 5.41) is 8.75. The van der Waals surface area contributed by atoms with Gasteiger partial charge in [0.15, 0.2) is 5.96 Å². The van der Waals surface area contributed by atoms with Crippen LogP contribution in [0, 0.1) is 0 Å². The molecule has 5 nitrogen and oxygen atoms in total. The molecule has 1 saturated heterocycles. The zero-order valence-corrected chi connectivity index (χ0v) is 18.8. The van der Waals surface area contributed by atoms with E-state index in [1.807, 2.05) is 17.0 Å². The van der Waals surface area contributed by atoms with E-state index in [4.69, 9.17) is 4.99 Å². The number of hydrogen-bond donors (Lipinski definition) is 2. The molecule has 1 aliphatic heterocycles. The molecule has 7 heteroatoms. The topological polar surface area (TPSA) is 56.7 Å². The van der Waals surface area contributed by atoms with Crippen molar-refractivity contribution >= 4 is 47.2 Å². The molecule has 2 heterocycles. The first kappa shape index (κ1) is 21.7. The SMILES string of the molecule is CCNC(=NCc1ccccc1CN1CCCC1=O)NCc1cccs1.I. The fourth-order valence-corrected chi connectivity index (χ4v) is 3.68. The number of amides is 1. The van der Waals surface area contributed by atoms with Gasteiger partial charge in [-0.1, -0.05) is 30.3 Å². The normalized spacial score (nSPS) is 14.2. The molecule has 27 heavy (non-hydrogen) atoms. The minimum absolute atomic E-state index is 0. The highest BCUT2D eigenvalue weighted by atomic mass is 127. The summed E-state index contributed by atoms with van der Waals surface area (Å²) in [6, 6.07) is 12.4. The van der Waals surface area contributed by atoms with Gasteiger partial charge < -0.3 is 15.5 Å². The Balaban J connectivity index is 0.00000261. The number of carbonyl (C=O) groups is 1. The first-order valence-corrected chi connectivity index (χ1v) is 10.0. The van der Waals surface area contributed by atoms with E-state index in [0.29, 0.717) is 19.5 Å². The lowest BCUT2D eigenvalue weighted by Gasteiger charge is -2.18. The maximum atomic E-state index is 11.9. The second kappa shape index (κ2) is 11.3. The van der Waals surface area contributed by atoms with Crippen LogP contribution >= 0.6 is 35.3 Å². The molecule has 0 atom stereocenters. The van der Waals surface area contributed by atoms with Crippen molar-refractivity contribution in [3.8, 4) is 0 Å². The van der Waals surface area contributed by atoms with Gasteiger partial charge in [-0.2, -0.15) is 0 Å². The molecule has 0 radical (unpaired) electrons. The van der Waals surface area contributed by atoms with Crippen LogP contribution < -0.4 is 10.6 Å². The molecule has 0 aliphatic carbocycles.